The van der Waals surface area contributed by atoms with Crippen LogP contribution in [-0.2, 0) is 34.4 Å². The zero-order valence-electron chi connectivity index (χ0n) is 16.8. The van der Waals surface area contributed by atoms with Crippen LogP contribution in [0.15, 0.2) is 29.2 Å². The Balaban J connectivity index is 1.84. The van der Waals surface area contributed by atoms with Crippen LogP contribution in [0.4, 0.5) is 0 Å². The van der Waals surface area contributed by atoms with Crippen LogP contribution in [-0.4, -0.2) is 51.0 Å². The molecule has 1 atom stereocenters. The van der Waals surface area contributed by atoms with Crippen molar-refractivity contribution in [3.8, 4) is 0 Å². The van der Waals surface area contributed by atoms with Gasteiger partial charge < -0.3 is 14.8 Å². The minimum absolute atomic E-state index is 0.0663. The molecule has 1 fully saturated rings. The van der Waals surface area contributed by atoms with Crippen molar-refractivity contribution >= 4 is 27.6 Å². The average Bonchev–Trinajstić information content (AvgIpc) is 3.32. The molecule has 0 aliphatic carbocycles. The molecule has 3 rings (SSSR count). The number of halogens is 1. The molecule has 1 aromatic carbocycles. The maximum absolute atomic E-state index is 12.9. The first-order chi connectivity index (χ1) is 14.3. The van der Waals surface area contributed by atoms with E-state index in [0.29, 0.717) is 25.1 Å². The largest absolute Gasteiger partial charge is 0.480 e. The number of aliphatic hydroxyl groups is 1. The predicted octanol–water partition coefficient (Wildman–Crippen LogP) is 2.66. The number of rotatable bonds is 9. The van der Waals surface area contributed by atoms with E-state index in [1.54, 1.807) is 12.1 Å². The number of carboxylic acid groups (broad SMARTS) is 1. The van der Waals surface area contributed by atoms with Crippen LogP contribution in [0, 0.1) is 0 Å². The Morgan fingerprint density at radius 3 is 2.60 bits per heavy atom. The third-order valence-corrected chi connectivity index (χ3v) is 7.59. The van der Waals surface area contributed by atoms with Gasteiger partial charge in [-0.25, -0.2) is 13.4 Å². The molecule has 30 heavy (non-hydrogen) atoms. The first-order valence-corrected chi connectivity index (χ1v) is 11.8. The number of unbranched alkanes of at least 4 members (excludes halogenated alkanes) is 1. The Labute approximate surface area is 181 Å². The molecule has 1 aliphatic rings. The van der Waals surface area contributed by atoms with Crippen LogP contribution in [0.3, 0.4) is 0 Å². The maximum atomic E-state index is 12.9. The summed E-state index contributed by atoms with van der Waals surface area (Å²) in [5.41, 5.74) is 1.35. The fourth-order valence-electron chi connectivity index (χ4n) is 3.73. The van der Waals surface area contributed by atoms with Gasteiger partial charge in [-0.1, -0.05) is 37.1 Å². The summed E-state index contributed by atoms with van der Waals surface area (Å²) in [4.78, 5) is 15.8. The minimum Gasteiger partial charge on any atom is -0.480 e. The van der Waals surface area contributed by atoms with E-state index in [4.69, 9.17) is 11.6 Å². The van der Waals surface area contributed by atoms with E-state index < -0.39 is 22.0 Å². The summed E-state index contributed by atoms with van der Waals surface area (Å²) < 4.78 is 28.7. The summed E-state index contributed by atoms with van der Waals surface area (Å²) in [6.45, 7) is 2.44. The van der Waals surface area contributed by atoms with Crippen molar-refractivity contribution < 1.29 is 23.4 Å². The van der Waals surface area contributed by atoms with Crippen LogP contribution in [0.2, 0.25) is 5.15 Å². The van der Waals surface area contributed by atoms with E-state index in [1.807, 2.05) is 4.57 Å². The molecule has 1 aliphatic heterocycles. The first kappa shape index (κ1) is 22.7. The Kier molecular flexibility index (Phi) is 7.18. The van der Waals surface area contributed by atoms with Crippen molar-refractivity contribution in [2.45, 2.75) is 63.1 Å². The van der Waals surface area contributed by atoms with Gasteiger partial charge in [0.25, 0.3) is 0 Å². The summed E-state index contributed by atoms with van der Waals surface area (Å²) in [7, 11) is -3.88. The molecule has 10 heteroatoms. The van der Waals surface area contributed by atoms with E-state index in [-0.39, 0.29) is 23.2 Å². The number of hydrogen-bond acceptors (Lipinski definition) is 5. The van der Waals surface area contributed by atoms with Gasteiger partial charge in [0.1, 0.15) is 11.9 Å². The smallest absolute Gasteiger partial charge is 0.322 e. The molecule has 1 aromatic heterocycles. The Bertz CT molecular complexity index is 1000. The molecular formula is C20H26ClN3O5S. The Hall–Kier alpha value is -1.94. The number of hydrogen-bond donors (Lipinski definition) is 2. The number of imidazole rings is 1. The summed E-state index contributed by atoms with van der Waals surface area (Å²) in [6.07, 6.45) is 3.52. The highest BCUT2D eigenvalue weighted by atomic mass is 35.5. The van der Waals surface area contributed by atoms with E-state index in [1.165, 1.54) is 12.1 Å². The summed E-state index contributed by atoms with van der Waals surface area (Å²) in [5.74, 6) is -0.343. The fourth-order valence-corrected chi connectivity index (χ4v) is 5.64. The van der Waals surface area contributed by atoms with Gasteiger partial charge in [0.05, 0.1) is 17.2 Å². The molecule has 8 nitrogen and oxygen atoms in total. The third-order valence-electron chi connectivity index (χ3n) is 5.37. The number of aliphatic carboxylic acids is 1. The standard InChI is InChI=1S/C20H26ClN3O5S/c1-2-3-6-18-22-19(21)17(13-25)23(18)12-14-7-9-15(10-8-14)30(28,29)24-11-4-5-16(24)20(26)27/h7-10,16,25H,2-6,11-13H2,1H3,(H,26,27). The molecule has 1 unspecified atom stereocenters. The maximum Gasteiger partial charge on any atom is 0.322 e. The third kappa shape index (κ3) is 4.54. The van der Waals surface area contributed by atoms with E-state index in [9.17, 15) is 23.4 Å². The second kappa shape index (κ2) is 9.47. The van der Waals surface area contributed by atoms with Gasteiger partial charge >= 0.3 is 5.97 Å². The normalized spacial score (nSPS) is 17.5. The number of carboxylic acids is 1. The lowest BCUT2D eigenvalue weighted by atomic mass is 10.2. The monoisotopic (exact) mass is 455 g/mol. The van der Waals surface area contributed by atoms with Crippen LogP contribution in [0.1, 0.15) is 49.7 Å². The van der Waals surface area contributed by atoms with Gasteiger partial charge in [0.15, 0.2) is 5.15 Å². The summed E-state index contributed by atoms with van der Waals surface area (Å²) >= 11 is 6.17. The van der Waals surface area contributed by atoms with E-state index in [2.05, 4.69) is 11.9 Å². The molecule has 2 aromatic rings. The van der Waals surface area contributed by atoms with Crippen molar-refractivity contribution in [2.75, 3.05) is 6.54 Å². The first-order valence-electron chi connectivity index (χ1n) is 9.97. The molecule has 0 saturated carbocycles. The lowest BCUT2D eigenvalue weighted by Crippen LogP contribution is -2.40. The van der Waals surface area contributed by atoms with Crippen molar-refractivity contribution in [2.24, 2.45) is 0 Å². The number of sulfonamides is 1. The van der Waals surface area contributed by atoms with Crippen molar-refractivity contribution in [3.63, 3.8) is 0 Å². The number of aliphatic hydroxyl groups excluding tert-OH is 1. The van der Waals surface area contributed by atoms with Gasteiger partial charge in [-0.2, -0.15) is 4.31 Å². The second-order valence-corrected chi connectivity index (χ2v) is 9.62. The van der Waals surface area contributed by atoms with Crippen LogP contribution in [0.25, 0.3) is 0 Å². The number of aryl methyl sites for hydroxylation is 1. The number of aromatic nitrogens is 2. The average molecular weight is 456 g/mol. The Morgan fingerprint density at radius 1 is 1.30 bits per heavy atom. The van der Waals surface area contributed by atoms with Crippen molar-refractivity contribution in [1.29, 1.82) is 0 Å². The summed E-state index contributed by atoms with van der Waals surface area (Å²) in [5, 5.41) is 19.2. The topological polar surface area (TPSA) is 113 Å². The quantitative estimate of drug-likeness (QED) is 0.601. The highest BCUT2D eigenvalue weighted by molar-refractivity contribution is 7.89. The van der Waals surface area contributed by atoms with Gasteiger partial charge in [-0.15, -0.1) is 0 Å². The van der Waals surface area contributed by atoms with Crippen LogP contribution in [0.5, 0.6) is 0 Å². The molecule has 1 saturated heterocycles. The molecular weight excluding hydrogens is 430 g/mol. The van der Waals surface area contributed by atoms with Crippen molar-refractivity contribution in [3.05, 3.63) is 46.5 Å². The van der Waals surface area contributed by atoms with Gasteiger partial charge in [-0.3, -0.25) is 4.79 Å². The van der Waals surface area contributed by atoms with Crippen molar-refractivity contribution in [1.82, 2.24) is 13.9 Å². The van der Waals surface area contributed by atoms with E-state index >= 15 is 0 Å². The zero-order chi connectivity index (χ0) is 21.9. The number of nitrogens with zero attached hydrogens (tertiary/aromatic N) is 3. The number of benzene rings is 1. The highest BCUT2D eigenvalue weighted by Gasteiger charge is 2.39. The molecule has 0 bridgehead atoms. The number of carbonyl (C=O) groups is 1. The van der Waals surface area contributed by atoms with Gasteiger partial charge in [0.2, 0.25) is 10.0 Å². The molecule has 2 heterocycles. The van der Waals surface area contributed by atoms with Crippen LogP contribution < -0.4 is 0 Å². The second-order valence-electron chi connectivity index (χ2n) is 7.37. The molecule has 164 valence electrons. The fraction of sp³-hybridized carbons (Fsp3) is 0.500. The van der Waals surface area contributed by atoms with Crippen LogP contribution >= 0.6 is 11.6 Å². The Morgan fingerprint density at radius 2 is 2.00 bits per heavy atom. The van der Waals surface area contributed by atoms with Gasteiger partial charge in [0, 0.05) is 19.5 Å². The molecule has 0 amide bonds. The predicted molar refractivity (Wildman–Crippen MR) is 112 cm³/mol. The SMILES string of the molecule is CCCCc1nc(Cl)c(CO)n1Cc1ccc(S(=O)(=O)N2CCCC2C(=O)O)cc1. The highest BCUT2D eigenvalue weighted by Crippen LogP contribution is 2.27. The van der Waals surface area contributed by atoms with Gasteiger partial charge in [-0.05, 0) is 37.0 Å². The molecule has 2 N–H and O–H groups in total. The lowest BCUT2D eigenvalue weighted by molar-refractivity contribution is -0.140. The summed E-state index contributed by atoms with van der Waals surface area (Å²) in [6, 6.07) is 5.35. The lowest BCUT2D eigenvalue weighted by Gasteiger charge is -2.21. The zero-order valence-corrected chi connectivity index (χ0v) is 18.4. The van der Waals surface area contributed by atoms with E-state index in [0.717, 1.165) is 35.0 Å². The molecule has 0 spiro atoms. The molecule has 0 radical (unpaired) electrons. The minimum atomic E-state index is -3.88.